The lowest BCUT2D eigenvalue weighted by molar-refractivity contribution is -0.127. The van der Waals surface area contributed by atoms with Crippen molar-refractivity contribution < 1.29 is 9.90 Å². The summed E-state index contributed by atoms with van der Waals surface area (Å²) in [6, 6.07) is 8.09. The zero-order chi connectivity index (χ0) is 14.6. The number of amides is 1. The molecule has 1 unspecified atom stereocenters. The second-order valence-corrected chi connectivity index (χ2v) is 5.57. The van der Waals surface area contributed by atoms with Gasteiger partial charge in [0.15, 0.2) is 0 Å². The van der Waals surface area contributed by atoms with E-state index in [9.17, 15) is 9.90 Å². The maximum atomic E-state index is 12.4. The van der Waals surface area contributed by atoms with E-state index in [4.69, 9.17) is 0 Å². The van der Waals surface area contributed by atoms with Crippen LogP contribution in [-0.2, 0) is 11.2 Å². The van der Waals surface area contributed by atoms with E-state index in [0.29, 0.717) is 6.54 Å². The number of para-hydroxylation sites is 1. The third kappa shape index (κ3) is 2.96. The number of rotatable bonds is 5. The van der Waals surface area contributed by atoms with E-state index in [1.54, 1.807) is 0 Å². The standard InChI is InChI=1S/C16H24N2O2/c1-3-16(4-2,11-19)18-15(20)13-9-12-7-5-6-8-14(12)17-10-13/h5-8,13,17,19H,3-4,9-11H2,1-2H3,(H,18,20). The van der Waals surface area contributed by atoms with Gasteiger partial charge in [-0.05, 0) is 30.9 Å². The van der Waals surface area contributed by atoms with Crippen LogP contribution in [0.5, 0.6) is 0 Å². The molecule has 0 saturated heterocycles. The molecule has 3 N–H and O–H groups in total. The summed E-state index contributed by atoms with van der Waals surface area (Å²) in [5.74, 6) is -0.0429. The molecule has 0 aromatic heterocycles. The van der Waals surface area contributed by atoms with Gasteiger partial charge < -0.3 is 15.7 Å². The van der Waals surface area contributed by atoms with E-state index in [1.165, 1.54) is 5.56 Å². The Balaban J connectivity index is 2.05. The van der Waals surface area contributed by atoms with Crippen LogP contribution in [0.15, 0.2) is 24.3 Å². The van der Waals surface area contributed by atoms with Crippen molar-refractivity contribution in [2.24, 2.45) is 5.92 Å². The van der Waals surface area contributed by atoms with Crippen LogP contribution in [0.25, 0.3) is 0 Å². The van der Waals surface area contributed by atoms with Gasteiger partial charge >= 0.3 is 0 Å². The molecule has 0 spiro atoms. The maximum absolute atomic E-state index is 12.4. The number of nitrogens with one attached hydrogen (secondary N) is 2. The van der Waals surface area contributed by atoms with E-state index in [-0.39, 0.29) is 18.4 Å². The first-order valence-corrected chi connectivity index (χ1v) is 7.38. The Morgan fingerprint density at radius 1 is 1.40 bits per heavy atom. The monoisotopic (exact) mass is 276 g/mol. The van der Waals surface area contributed by atoms with Gasteiger partial charge in [-0.1, -0.05) is 32.0 Å². The molecule has 0 aliphatic carbocycles. The average molecular weight is 276 g/mol. The lowest BCUT2D eigenvalue weighted by Gasteiger charge is -2.34. The van der Waals surface area contributed by atoms with Crippen LogP contribution in [0.1, 0.15) is 32.3 Å². The molecular weight excluding hydrogens is 252 g/mol. The van der Waals surface area contributed by atoms with E-state index in [2.05, 4.69) is 16.7 Å². The number of hydrogen-bond donors (Lipinski definition) is 3. The molecule has 1 heterocycles. The van der Waals surface area contributed by atoms with E-state index < -0.39 is 5.54 Å². The highest BCUT2D eigenvalue weighted by molar-refractivity contribution is 5.81. The van der Waals surface area contributed by atoms with Gasteiger partial charge in [-0.2, -0.15) is 0 Å². The Hall–Kier alpha value is -1.55. The molecule has 0 saturated carbocycles. The summed E-state index contributed by atoms with van der Waals surface area (Å²) in [4.78, 5) is 12.4. The van der Waals surface area contributed by atoms with Gasteiger partial charge in [-0.25, -0.2) is 0 Å². The maximum Gasteiger partial charge on any atom is 0.225 e. The predicted octanol–water partition coefficient (Wildman–Crippen LogP) is 1.94. The highest BCUT2D eigenvalue weighted by Gasteiger charge is 2.31. The first-order valence-electron chi connectivity index (χ1n) is 7.38. The van der Waals surface area contributed by atoms with E-state index >= 15 is 0 Å². The van der Waals surface area contributed by atoms with Crippen molar-refractivity contribution in [3.8, 4) is 0 Å². The quantitative estimate of drug-likeness (QED) is 0.770. The van der Waals surface area contributed by atoms with Gasteiger partial charge in [-0.3, -0.25) is 4.79 Å². The largest absolute Gasteiger partial charge is 0.394 e. The number of fused-ring (bicyclic) bond motifs is 1. The number of aliphatic hydroxyl groups excluding tert-OH is 1. The van der Waals surface area contributed by atoms with Crippen LogP contribution in [-0.4, -0.2) is 29.7 Å². The Morgan fingerprint density at radius 3 is 2.75 bits per heavy atom. The Labute approximate surface area is 120 Å². The first kappa shape index (κ1) is 14.9. The fourth-order valence-electron chi connectivity index (χ4n) is 2.68. The lowest BCUT2D eigenvalue weighted by Crippen LogP contribution is -2.53. The van der Waals surface area contributed by atoms with Crippen LogP contribution in [0, 0.1) is 5.92 Å². The number of aliphatic hydroxyl groups is 1. The van der Waals surface area contributed by atoms with Crippen LogP contribution in [0.4, 0.5) is 5.69 Å². The second-order valence-electron chi connectivity index (χ2n) is 5.57. The number of anilines is 1. The van der Waals surface area contributed by atoms with E-state index in [0.717, 1.165) is 24.9 Å². The molecule has 4 nitrogen and oxygen atoms in total. The molecular formula is C16H24N2O2. The molecule has 20 heavy (non-hydrogen) atoms. The zero-order valence-corrected chi connectivity index (χ0v) is 12.3. The van der Waals surface area contributed by atoms with Gasteiger partial charge in [-0.15, -0.1) is 0 Å². The zero-order valence-electron chi connectivity index (χ0n) is 12.3. The van der Waals surface area contributed by atoms with Crippen molar-refractivity contribution in [2.45, 2.75) is 38.6 Å². The fraction of sp³-hybridized carbons (Fsp3) is 0.562. The van der Waals surface area contributed by atoms with Gasteiger partial charge in [0, 0.05) is 12.2 Å². The molecule has 0 fully saturated rings. The molecule has 0 radical (unpaired) electrons. The van der Waals surface area contributed by atoms with Crippen LogP contribution >= 0.6 is 0 Å². The molecule has 1 aromatic carbocycles. The van der Waals surface area contributed by atoms with Gasteiger partial charge in [0.25, 0.3) is 0 Å². The third-order valence-corrected chi connectivity index (χ3v) is 4.44. The number of carbonyl (C=O) groups excluding carboxylic acids is 1. The third-order valence-electron chi connectivity index (χ3n) is 4.44. The van der Waals surface area contributed by atoms with Crippen LogP contribution in [0.2, 0.25) is 0 Å². The van der Waals surface area contributed by atoms with Gasteiger partial charge in [0.05, 0.1) is 18.1 Å². The predicted molar refractivity (Wildman–Crippen MR) is 80.7 cm³/mol. The Bertz CT molecular complexity index is 461. The van der Waals surface area contributed by atoms with Crippen molar-refractivity contribution in [3.05, 3.63) is 29.8 Å². The summed E-state index contributed by atoms with van der Waals surface area (Å²) in [7, 11) is 0. The molecule has 1 amide bonds. The number of hydrogen-bond acceptors (Lipinski definition) is 3. The normalized spacial score (nSPS) is 18.1. The number of benzene rings is 1. The number of carbonyl (C=O) groups is 1. The van der Waals surface area contributed by atoms with Crippen LogP contribution in [0.3, 0.4) is 0 Å². The van der Waals surface area contributed by atoms with E-state index in [1.807, 2.05) is 32.0 Å². The topological polar surface area (TPSA) is 61.4 Å². The highest BCUT2D eigenvalue weighted by atomic mass is 16.3. The summed E-state index contributed by atoms with van der Waals surface area (Å²) in [6.45, 7) is 4.63. The molecule has 2 rings (SSSR count). The Kier molecular flexibility index (Phi) is 4.65. The van der Waals surface area contributed by atoms with Crippen molar-refractivity contribution >= 4 is 11.6 Å². The first-order chi connectivity index (χ1) is 9.64. The molecule has 110 valence electrons. The van der Waals surface area contributed by atoms with Crippen LogP contribution < -0.4 is 10.6 Å². The highest BCUT2D eigenvalue weighted by Crippen LogP contribution is 2.25. The summed E-state index contributed by atoms with van der Waals surface area (Å²) in [6.07, 6.45) is 2.23. The molecule has 1 atom stereocenters. The molecule has 1 aliphatic heterocycles. The van der Waals surface area contributed by atoms with Crippen molar-refractivity contribution in [1.82, 2.24) is 5.32 Å². The van der Waals surface area contributed by atoms with Gasteiger partial charge in [0.1, 0.15) is 0 Å². The Morgan fingerprint density at radius 2 is 2.10 bits per heavy atom. The lowest BCUT2D eigenvalue weighted by atomic mass is 9.89. The minimum absolute atomic E-state index is 0.0114. The average Bonchev–Trinajstić information content (AvgIpc) is 2.52. The summed E-state index contributed by atoms with van der Waals surface area (Å²) < 4.78 is 0. The summed E-state index contributed by atoms with van der Waals surface area (Å²) in [5, 5.41) is 15.9. The van der Waals surface area contributed by atoms with Crippen molar-refractivity contribution in [1.29, 1.82) is 0 Å². The summed E-state index contributed by atoms with van der Waals surface area (Å²) >= 11 is 0. The van der Waals surface area contributed by atoms with Crippen molar-refractivity contribution in [3.63, 3.8) is 0 Å². The molecule has 4 heteroatoms. The van der Waals surface area contributed by atoms with Gasteiger partial charge in [0.2, 0.25) is 5.91 Å². The molecule has 1 aliphatic rings. The minimum atomic E-state index is -0.478. The van der Waals surface area contributed by atoms with Crippen molar-refractivity contribution in [2.75, 3.05) is 18.5 Å². The smallest absolute Gasteiger partial charge is 0.225 e. The SMILES string of the molecule is CCC(CC)(CO)NC(=O)C1CNc2ccccc2C1. The fourth-order valence-corrected chi connectivity index (χ4v) is 2.68. The second kappa shape index (κ2) is 6.27. The molecule has 1 aromatic rings. The summed E-state index contributed by atoms with van der Waals surface area (Å²) in [5.41, 5.74) is 1.83. The molecule has 0 bridgehead atoms. The minimum Gasteiger partial charge on any atom is -0.394 e.